The number of aryl methyl sites for hydroxylation is 1. The SMILES string of the molecule is CC(C)N1CCC(NCCCn2ccnc2)C1. The normalized spacial score (nSPS) is 21.5. The zero-order valence-corrected chi connectivity index (χ0v) is 11.0. The van der Waals surface area contributed by atoms with E-state index >= 15 is 0 Å². The third-order valence-corrected chi connectivity index (χ3v) is 3.54. The summed E-state index contributed by atoms with van der Waals surface area (Å²) in [5.41, 5.74) is 0. The molecule has 0 radical (unpaired) electrons. The fraction of sp³-hybridized carbons (Fsp3) is 0.769. The monoisotopic (exact) mass is 236 g/mol. The van der Waals surface area contributed by atoms with E-state index in [0.29, 0.717) is 12.1 Å². The minimum Gasteiger partial charge on any atom is -0.337 e. The molecule has 4 nitrogen and oxygen atoms in total. The van der Waals surface area contributed by atoms with Gasteiger partial charge in [-0.1, -0.05) is 0 Å². The molecular weight excluding hydrogens is 212 g/mol. The Hall–Kier alpha value is -0.870. The van der Waals surface area contributed by atoms with Crippen LogP contribution < -0.4 is 5.32 Å². The first-order valence-electron chi connectivity index (χ1n) is 6.69. The summed E-state index contributed by atoms with van der Waals surface area (Å²) in [4.78, 5) is 6.59. The van der Waals surface area contributed by atoms with Gasteiger partial charge in [-0.25, -0.2) is 4.98 Å². The number of aromatic nitrogens is 2. The summed E-state index contributed by atoms with van der Waals surface area (Å²) in [6.07, 6.45) is 8.22. The number of hydrogen-bond acceptors (Lipinski definition) is 3. The van der Waals surface area contributed by atoms with Crippen molar-refractivity contribution < 1.29 is 0 Å². The van der Waals surface area contributed by atoms with Crippen molar-refractivity contribution in [1.29, 1.82) is 0 Å². The molecule has 0 saturated carbocycles. The highest BCUT2D eigenvalue weighted by molar-refractivity contribution is 4.82. The van der Waals surface area contributed by atoms with Crippen LogP contribution in [0.4, 0.5) is 0 Å². The fourth-order valence-corrected chi connectivity index (χ4v) is 2.41. The lowest BCUT2D eigenvalue weighted by atomic mass is 10.2. The van der Waals surface area contributed by atoms with Gasteiger partial charge < -0.3 is 9.88 Å². The van der Waals surface area contributed by atoms with Crippen molar-refractivity contribution in [3.05, 3.63) is 18.7 Å². The van der Waals surface area contributed by atoms with Crippen LogP contribution in [0.5, 0.6) is 0 Å². The lowest BCUT2D eigenvalue weighted by molar-refractivity contribution is 0.268. The first-order chi connectivity index (χ1) is 8.25. The topological polar surface area (TPSA) is 33.1 Å². The Labute approximate surface area is 104 Å². The van der Waals surface area contributed by atoms with E-state index in [9.17, 15) is 0 Å². The summed E-state index contributed by atoms with van der Waals surface area (Å²) in [5.74, 6) is 0. The summed E-state index contributed by atoms with van der Waals surface area (Å²) in [5, 5.41) is 3.65. The average molecular weight is 236 g/mol. The van der Waals surface area contributed by atoms with Crippen molar-refractivity contribution in [2.45, 2.75) is 45.3 Å². The second-order valence-corrected chi connectivity index (χ2v) is 5.18. The summed E-state index contributed by atoms with van der Waals surface area (Å²) in [7, 11) is 0. The van der Waals surface area contributed by atoms with Crippen molar-refractivity contribution >= 4 is 0 Å². The van der Waals surface area contributed by atoms with E-state index in [4.69, 9.17) is 0 Å². The number of nitrogens with zero attached hydrogens (tertiary/aromatic N) is 3. The zero-order valence-electron chi connectivity index (χ0n) is 11.0. The van der Waals surface area contributed by atoms with E-state index in [2.05, 4.69) is 33.6 Å². The van der Waals surface area contributed by atoms with Gasteiger partial charge in [0, 0.05) is 37.6 Å². The minimum atomic E-state index is 0.688. The summed E-state index contributed by atoms with van der Waals surface area (Å²) in [6, 6.07) is 1.38. The van der Waals surface area contributed by atoms with Gasteiger partial charge in [0.15, 0.2) is 0 Å². The van der Waals surface area contributed by atoms with Crippen LogP contribution in [0.25, 0.3) is 0 Å². The number of nitrogens with one attached hydrogen (secondary N) is 1. The highest BCUT2D eigenvalue weighted by Gasteiger charge is 2.23. The minimum absolute atomic E-state index is 0.688. The predicted molar refractivity (Wildman–Crippen MR) is 70.0 cm³/mol. The molecule has 0 spiro atoms. The molecule has 1 atom stereocenters. The van der Waals surface area contributed by atoms with Crippen LogP contribution in [0.15, 0.2) is 18.7 Å². The lowest BCUT2D eigenvalue weighted by Crippen LogP contribution is -2.35. The molecule has 0 bridgehead atoms. The van der Waals surface area contributed by atoms with Crippen molar-refractivity contribution in [3.8, 4) is 0 Å². The maximum absolute atomic E-state index is 4.04. The van der Waals surface area contributed by atoms with E-state index < -0.39 is 0 Å². The smallest absolute Gasteiger partial charge is 0.0945 e. The molecule has 1 fully saturated rings. The van der Waals surface area contributed by atoms with Gasteiger partial charge in [0.25, 0.3) is 0 Å². The predicted octanol–water partition coefficient (Wildman–Crippen LogP) is 1.35. The van der Waals surface area contributed by atoms with E-state index in [1.165, 1.54) is 25.9 Å². The van der Waals surface area contributed by atoms with Crippen molar-refractivity contribution in [2.75, 3.05) is 19.6 Å². The molecule has 2 rings (SSSR count). The second-order valence-electron chi connectivity index (χ2n) is 5.18. The molecule has 0 aromatic carbocycles. The molecular formula is C13H24N4. The number of imidazole rings is 1. The van der Waals surface area contributed by atoms with Crippen molar-refractivity contribution in [1.82, 2.24) is 19.8 Å². The fourth-order valence-electron chi connectivity index (χ4n) is 2.41. The number of likely N-dealkylation sites (tertiary alicyclic amines) is 1. The third kappa shape index (κ3) is 3.82. The van der Waals surface area contributed by atoms with Crippen LogP contribution in [0.3, 0.4) is 0 Å². The average Bonchev–Trinajstić information content (AvgIpc) is 2.96. The van der Waals surface area contributed by atoms with Gasteiger partial charge in [0.05, 0.1) is 6.33 Å². The first kappa shape index (κ1) is 12.6. The van der Waals surface area contributed by atoms with Gasteiger partial charge in [0.2, 0.25) is 0 Å². The molecule has 1 unspecified atom stereocenters. The van der Waals surface area contributed by atoms with E-state index in [0.717, 1.165) is 13.1 Å². The Balaban J connectivity index is 1.57. The first-order valence-corrected chi connectivity index (χ1v) is 6.69. The molecule has 1 aromatic heterocycles. The highest BCUT2D eigenvalue weighted by atomic mass is 15.2. The van der Waals surface area contributed by atoms with Crippen molar-refractivity contribution in [2.24, 2.45) is 0 Å². The van der Waals surface area contributed by atoms with E-state index in [-0.39, 0.29) is 0 Å². The van der Waals surface area contributed by atoms with Gasteiger partial charge in [0.1, 0.15) is 0 Å². The molecule has 4 heteroatoms. The highest BCUT2D eigenvalue weighted by Crippen LogP contribution is 2.12. The Morgan fingerprint density at radius 2 is 2.35 bits per heavy atom. The van der Waals surface area contributed by atoms with Gasteiger partial charge in [-0.15, -0.1) is 0 Å². The van der Waals surface area contributed by atoms with E-state index in [1.54, 1.807) is 0 Å². The Morgan fingerprint density at radius 1 is 1.47 bits per heavy atom. The molecule has 1 aromatic rings. The van der Waals surface area contributed by atoms with Gasteiger partial charge in [-0.05, 0) is 39.8 Å². The van der Waals surface area contributed by atoms with Crippen LogP contribution >= 0.6 is 0 Å². The van der Waals surface area contributed by atoms with Crippen LogP contribution in [0.1, 0.15) is 26.7 Å². The molecule has 17 heavy (non-hydrogen) atoms. The van der Waals surface area contributed by atoms with Crippen molar-refractivity contribution in [3.63, 3.8) is 0 Å². The Kier molecular flexibility index (Phi) is 4.57. The van der Waals surface area contributed by atoms with Crippen LogP contribution in [-0.2, 0) is 6.54 Å². The van der Waals surface area contributed by atoms with Crippen LogP contribution in [-0.4, -0.2) is 46.2 Å². The van der Waals surface area contributed by atoms with E-state index in [1.807, 2.05) is 18.7 Å². The van der Waals surface area contributed by atoms with Gasteiger partial charge in [-0.2, -0.15) is 0 Å². The largest absolute Gasteiger partial charge is 0.337 e. The Bertz CT molecular complexity index is 307. The molecule has 2 heterocycles. The molecule has 1 N–H and O–H groups in total. The molecule has 0 aliphatic carbocycles. The van der Waals surface area contributed by atoms with Gasteiger partial charge in [-0.3, -0.25) is 4.90 Å². The molecule has 1 aliphatic rings. The summed E-state index contributed by atoms with van der Waals surface area (Å²) < 4.78 is 2.14. The zero-order chi connectivity index (χ0) is 12.1. The second kappa shape index (κ2) is 6.17. The Morgan fingerprint density at radius 3 is 3.00 bits per heavy atom. The summed E-state index contributed by atoms with van der Waals surface area (Å²) in [6.45, 7) is 9.19. The molecule has 0 amide bonds. The van der Waals surface area contributed by atoms with Crippen LogP contribution in [0, 0.1) is 0 Å². The third-order valence-electron chi connectivity index (χ3n) is 3.54. The molecule has 1 saturated heterocycles. The summed E-state index contributed by atoms with van der Waals surface area (Å²) >= 11 is 0. The number of rotatable bonds is 6. The number of hydrogen-bond donors (Lipinski definition) is 1. The van der Waals surface area contributed by atoms with Crippen LogP contribution in [0.2, 0.25) is 0 Å². The molecule has 1 aliphatic heterocycles. The molecule has 96 valence electrons. The lowest BCUT2D eigenvalue weighted by Gasteiger charge is -2.20. The maximum atomic E-state index is 4.04. The maximum Gasteiger partial charge on any atom is 0.0945 e. The standard InChI is InChI=1S/C13H24N4/c1-12(2)17-8-4-13(10-17)15-5-3-7-16-9-6-14-11-16/h6,9,11-13,15H,3-5,7-8,10H2,1-2H3. The quantitative estimate of drug-likeness (QED) is 0.757. The van der Waals surface area contributed by atoms with Gasteiger partial charge >= 0.3 is 0 Å².